The lowest BCUT2D eigenvalue weighted by Gasteiger charge is -2.13. The maximum atomic E-state index is 12.0. The van der Waals surface area contributed by atoms with E-state index in [1.54, 1.807) is 43.2 Å². The molecule has 2 rings (SSSR count). The van der Waals surface area contributed by atoms with E-state index in [0.717, 1.165) is 5.56 Å². The molecule has 0 bridgehead atoms. The Hall–Kier alpha value is -1.86. The van der Waals surface area contributed by atoms with Crippen molar-refractivity contribution in [2.75, 3.05) is 12.4 Å². The number of ether oxygens (including phenoxy) is 1. The van der Waals surface area contributed by atoms with E-state index in [0.29, 0.717) is 5.75 Å². The molecule has 0 aliphatic carbocycles. The number of benzene rings is 1. The van der Waals surface area contributed by atoms with E-state index < -0.39 is 10.0 Å². The zero-order valence-corrected chi connectivity index (χ0v) is 12.9. The number of sulfonamides is 1. The van der Waals surface area contributed by atoms with Crippen molar-refractivity contribution in [2.24, 2.45) is 7.05 Å². The van der Waals surface area contributed by atoms with Crippen LogP contribution >= 0.6 is 0 Å². The van der Waals surface area contributed by atoms with Crippen LogP contribution in [0.3, 0.4) is 0 Å². The van der Waals surface area contributed by atoms with E-state index >= 15 is 0 Å². The largest absolute Gasteiger partial charge is 0.492 e. The first kappa shape index (κ1) is 15.5. The monoisotopic (exact) mass is 309 g/mol. The van der Waals surface area contributed by atoms with Gasteiger partial charge in [-0.05, 0) is 19.1 Å². The molecule has 1 atom stereocenters. The third-order valence-electron chi connectivity index (χ3n) is 2.95. The Morgan fingerprint density at radius 2 is 2.05 bits per heavy atom. The van der Waals surface area contributed by atoms with Gasteiger partial charge in [0.05, 0.1) is 11.9 Å². The van der Waals surface area contributed by atoms with Crippen LogP contribution in [0.5, 0.6) is 5.75 Å². The average Bonchev–Trinajstić information content (AvgIpc) is 2.86. The van der Waals surface area contributed by atoms with Gasteiger partial charge in [0.25, 0.3) is 0 Å². The molecule has 21 heavy (non-hydrogen) atoms. The van der Waals surface area contributed by atoms with Crippen LogP contribution in [0.2, 0.25) is 0 Å². The summed E-state index contributed by atoms with van der Waals surface area (Å²) in [5.74, 6) is 0.569. The van der Waals surface area contributed by atoms with Gasteiger partial charge in [-0.3, -0.25) is 4.68 Å². The average molecular weight is 309 g/mol. The molecule has 114 valence electrons. The first-order chi connectivity index (χ1) is 9.96. The Morgan fingerprint density at radius 3 is 2.67 bits per heavy atom. The Labute approximate surface area is 124 Å². The van der Waals surface area contributed by atoms with Gasteiger partial charge < -0.3 is 4.74 Å². The lowest BCUT2D eigenvalue weighted by molar-refractivity contribution is 0.340. The van der Waals surface area contributed by atoms with E-state index in [-0.39, 0.29) is 18.4 Å². The van der Waals surface area contributed by atoms with Crippen LogP contribution < -0.4 is 9.46 Å². The van der Waals surface area contributed by atoms with Gasteiger partial charge in [0, 0.05) is 24.8 Å². The van der Waals surface area contributed by atoms with Crippen LogP contribution in [0.1, 0.15) is 18.5 Å². The number of para-hydroxylation sites is 1. The summed E-state index contributed by atoms with van der Waals surface area (Å²) < 4.78 is 33.6. The lowest BCUT2D eigenvalue weighted by atomic mass is 10.2. The molecule has 1 aromatic heterocycles. The van der Waals surface area contributed by atoms with Gasteiger partial charge in [0.1, 0.15) is 12.4 Å². The van der Waals surface area contributed by atoms with Gasteiger partial charge in [-0.2, -0.15) is 5.10 Å². The zero-order valence-electron chi connectivity index (χ0n) is 12.1. The van der Waals surface area contributed by atoms with E-state index in [1.165, 1.54) is 0 Å². The molecule has 1 N–H and O–H groups in total. The minimum Gasteiger partial charge on any atom is -0.492 e. The number of aryl methyl sites for hydroxylation is 1. The molecule has 0 aliphatic rings. The SMILES string of the molecule is CC(NS(=O)(=O)CCOc1ccccc1)c1cnn(C)c1. The molecule has 1 aromatic carbocycles. The molecule has 6 nitrogen and oxygen atoms in total. The predicted octanol–water partition coefficient (Wildman–Crippen LogP) is 1.48. The first-order valence-corrected chi connectivity index (χ1v) is 8.28. The van der Waals surface area contributed by atoms with Crippen LogP contribution in [0.4, 0.5) is 0 Å². The van der Waals surface area contributed by atoms with E-state index in [2.05, 4.69) is 9.82 Å². The second kappa shape index (κ2) is 6.73. The van der Waals surface area contributed by atoms with Crippen LogP contribution in [0.15, 0.2) is 42.7 Å². The van der Waals surface area contributed by atoms with Crippen LogP contribution in [-0.2, 0) is 17.1 Å². The predicted molar refractivity (Wildman–Crippen MR) is 80.5 cm³/mol. The van der Waals surface area contributed by atoms with Crippen molar-refractivity contribution in [2.45, 2.75) is 13.0 Å². The number of hydrogen-bond donors (Lipinski definition) is 1. The van der Waals surface area contributed by atoms with E-state index in [9.17, 15) is 8.42 Å². The third kappa shape index (κ3) is 4.87. The minimum atomic E-state index is -3.40. The van der Waals surface area contributed by atoms with Crippen molar-refractivity contribution < 1.29 is 13.2 Å². The maximum absolute atomic E-state index is 12.0. The molecule has 0 aliphatic heterocycles. The molecule has 1 heterocycles. The van der Waals surface area contributed by atoms with E-state index in [1.807, 2.05) is 18.2 Å². The lowest BCUT2D eigenvalue weighted by Crippen LogP contribution is -2.31. The first-order valence-electron chi connectivity index (χ1n) is 6.63. The Kier molecular flexibility index (Phi) is 4.98. The highest BCUT2D eigenvalue weighted by Gasteiger charge is 2.17. The summed E-state index contributed by atoms with van der Waals surface area (Å²) in [5, 5.41) is 4.03. The number of nitrogens with zero attached hydrogens (tertiary/aromatic N) is 2. The molecule has 7 heteroatoms. The summed E-state index contributed by atoms with van der Waals surface area (Å²) in [5.41, 5.74) is 0.824. The topological polar surface area (TPSA) is 73.2 Å². The normalized spacial score (nSPS) is 13.0. The summed E-state index contributed by atoms with van der Waals surface area (Å²) in [6.45, 7) is 1.89. The van der Waals surface area contributed by atoms with Crippen molar-refractivity contribution in [3.05, 3.63) is 48.3 Å². The molecular formula is C14H19N3O3S. The fourth-order valence-corrected chi connectivity index (χ4v) is 2.94. The molecule has 0 amide bonds. The quantitative estimate of drug-likeness (QED) is 0.841. The summed E-state index contributed by atoms with van der Waals surface area (Å²) >= 11 is 0. The Morgan fingerprint density at radius 1 is 1.33 bits per heavy atom. The van der Waals surface area contributed by atoms with Gasteiger partial charge in [-0.15, -0.1) is 0 Å². The van der Waals surface area contributed by atoms with E-state index in [4.69, 9.17) is 4.74 Å². The number of hydrogen-bond acceptors (Lipinski definition) is 4. The Bertz CT molecular complexity index is 668. The number of aromatic nitrogens is 2. The van der Waals surface area contributed by atoms with Gasteiger partial charge in [0.2, 0.25) is 10.0 Å². The van der Waals surface area contributed by atoms with Crippen molar-refractivity contribution in [1.29, 1.82) is 0 Å². The zero-order chi connectivity index (χ0) is 15.3. The fraction of sp³-hybridized carbons (Fsp3) is 0.357. The maximum Gasteiger partial charge on any atom is 0.215 e. The standard InChI is InChI=1S/C14H19N3O3S/c1-12(13-10-15-17(2)11-13)16-21(18,19)9-8-20-14-6-4-3-5-7-14/h3-7,10-12,16H,8-9H2,1-2H3. The van der Waals surface area contributed by atoms with Gasteiger partial charge in [0.15, 0.2) is 0 Å². The summed E-state index contributed by atoms with van der Waals surface area (Å²) in [4.78, 5) is 0. The van der Waals surface area contributed by atoms with Crippen LogP contribution in [0.25, 0.3) is 0 Å². The molecular weight excluding hydrogens is 290 g/mol. The molecule has 2 aromatic rings. The van der Waals surface area contributed by atoms with Crippen molar-refractivity contribution >= 4 is 10.0 Å². The van der Waals surface area contributed by atoms with Gasteiger partial charge in [-0.25, -0.2) is 13.1 Å². The minimum absolute atomic E-state index is 0.0908. The van der Waals surface area contributed by atoms with Gasteiger partial charge in [-0.1, -0.05) is 18.2 Å². The van der Waals surface area contributed by atoms with Gasteiger partial charge >= 0.3 is 0 Å². The molecule has 0 saturated heterocycles. The fourth-order valence-electron chi connectivity index (χ4n) is 1.85. The van der Waals surface area contributed by atoms with Crippen molar-refractivity contribution in [3.63, 3.8) is 0 Å². The summed E-state index contributed by atoms with van der Waals surface area (Å²) in [6.07, 6.45) is 3.43. The summed E-state index contributed by atoms with van der Waals surface area (Å²) in [7, 11) is -1.61. The molecule has 0 spiro atoms. The highest BCUT2D eigenvalue weighted by Crippen LogP contribution is 2.12. The third-order valence-corrected chi connectivity index (χ3v) is 4.36. The smallest absolute Gasteiger partial charge is 0.215 e. The molecule has 0 fully saturated rings. The Balaban J connectivity index is 1.84. The second-order valence-corrected chi connectivity index (χ2v) is 6.64. The number of nitrogens with one attached hydrogen (secondary N) is 1. The summed E-state index contributed by atoms with van der Waals surface area (Å²) in [6, 6.07) is 8.82. The van der Waals surface area contributed by atoms with Crippen LogP contribution in [0, 0.1) is 0 Å². The van der Waals surface area contributed by atoms with Crippen molar-refractivity contribution in [1.82, 2.24) is 14.5 Å². The van der Waals surface area contributed by atoms with Crippen molar-refractivity contribution in [3.8, 4) is 5.75 Å². The molecule has 1 unspecified atom stereocenters. The highest BCUT2D eigenvalue weighted by molar-refractivity contribution is 7.89. The molecule has 0 saturated carbocycles. The highest BCUT2D eigenvalue weighted by atomic mass is 32.2. The second-order valence-electron chi connectivity index (χ2n) is 4.77. The van der Waals surface area contributed by atoms with Crippen LogP contribution in [-0.4, -0.2) is 30.6 Å². The number of rotatable bonds is 7. The molecule has 0 radical (unpaired) electrons.